The molecule has 17 heavy (non-hydrogen) atoms. The van der Waals surface area contributed by atoms with Crippen LogP contribution in [0, 0.1) is 11.2 Å². The first-order valence-electron chi connectivity index (χ1n) is 5.44. The zero-order valence-electron chi connectivity index (χ0n) is 10.1. The van der Waals surface area contributed by atoms with E-state index in [0.717, 1.165) is 0 Å². The summed E-state index contributed by atoms with van der Waals surface area (Å²) >= 11 is 0. The van der Waals surface area contributed by atoms with Crippen LogP contribution >= 0.6 is 0 Å². The lowest BCUT2D eigenvalue weighted by Gasteiger charge is -2.23. The summed E-state index contributed by atoms with van der Waals surface area (Å²) in [6, 6.07) is 6.48. The summed E-state index contributed by atoms with van der Waals surface area (Å²) in [5, 5.41) is 14.6. The Kier molecular flexibility index (Phi) is 4.31. The smallest absolute Gasteiger partial charge is 0.146 e. The minimum Gasteiger partial charge on any atom is -0.409 e. The van der Waals surface area contributed by atoms with Crippen LogP contribution in [0.5, 0.6) is 0 Å². The van der Waals surface area contributed by atoms with Crippen molar-refractivity contribution in [1.29, 1.82) is 0 Å². The minimum atomic E-state index is -0.424. The van der Waals surface area contributed by atoms with Gasteiger partial charge in [0.15, 0.2) is 0 Å². The van der Waals surface area contributed by atoms with Crippen LogP contribution in [0.4, 0.5) is 10.1 Å². The Bertz CT molecular complexity index is 404. The average molecular weight is 239 g/mol. The third-order valence-corrected chi connectivity index (χ3v) is 2.74. The number of benzene rings is 1. The predicted molar refractivity (Wildman–Crippen MR) is 66.7 cm³/mol. The van der Waals surface area contributed by atoms with Gasteiger partial charge in [-0.05, 0) is 18.6 Å². The molecule has 0 fully saturated rings. The van der Waals surface area contributed by atoms with Crippen molar-refractivity contribution in [2.75, 3.05) is 11.9 Å². The van der Waals surface area contributed by atoms with Crippen molar-refractivity contribution in [3.8, 4) is 0 Å². The van der Waals surface area contributed by atoms with Crippen molar-refractivity contribution in [2.45, 2.75) is 20.3 Å². The van der Waals surface area contributed by atoms with Gasteiger partial charge in [0.25, 0.3) is 0 Å². The summed E-state index contributed by atoms with van der Waals surface area (Å²) < 4.78 is 13.3. The van der Waals surface area contributed by atoms with Crippen LogP contribution in [-0.2, 0) is 0 Å². The summed E-state index contributed by atoms with van der Waals surface area (Å²) in [6.07, 6.45) is 0.636. The van der Waals surface area contributed by atoms with Crippen LogP contribution in [0.1, 0.15) is 20.3 Å². The first-order valence-corrected chi connectivity index (χ1v) is 5.44. The van der Waals surface area contributed by atoms with Crippen LogP contribution < -0.4 is 11.1 Å². The standard InChI is InChI=1S/C12H18FN3O/c1-12(2,11(14)16-17)7-8-15-10-6-4-3-5-9(10)13/h3-6,15,17H,7-8H2,1-2H3,(H2,14,16). The maximum atomic E-state index is 13.3. The number of oxime groups is 1. The molecule has 0 saturated heterocycles. The highest BCUT2D eigenvalue weighted by Crippen LogP contribution is 2.21. The molecule has 0 atom stereocenters. The molecule has 0 saturated carbocycles. The van der Waals surface area contributed by atoms with Gasteiger partial charge in [0.05, 0.1) is 5.69 Å². The van der Waals surface area contributed by atoms with Gasteiger partial charge in [0, 0.05) is 12.0 Å². The quantitative estimate of drug-likeness (QED) is 0.320. The zero-order valence-corrected chi connectivity index (χ0v) is 10.1. The van der Waals surface area contributed by atoms with Crippen LogP contribution in [0.2, 0.25) is 0 Å². The van der Waals surface area contributed by atoms with Crippen LogP contribution in [0.3, 0.4) is 0 Å². The molecule has 0 heterocycles. The van der Waals surface area contributed by atoms with Gasteiger partial charge in [0.2, 0.25) is 0 Å². The Labute approximate surface area is 100 Å². The number of amidine groups is 1. The fraction of sp³-hybridized carbons (Fsp3) is 0.417. The van der Waals surface area contributed by atoms with Gasteiger partial charge in [-0.25, -0.2) is 4.39 Å². The molecule has 1 aromatic rings. The highest BCUT2D eigenvalue weighted by molar-refractivity contribution is 5.85. The van der Waals surface area contributed by atoms with Crippen molar-refractivity contribution in [2.24, 2.45) is 16.3 Å². The van der Waals surface area contributed by atoms with Crippen molar-refractivity contribution in [1.82, 2.24) is 0 Å². The summed E-state index contributed by atoms with van der Waals surface area (Å²) in [6.45, 7) is 4.28. The first kappa shape index (κ1) is 13.3. The van der Waals surface area contributed by atoms with E-state index in [2.05, 4.69) is 10.5 Å². The lowest BCUT2D eigenvalue weighted by Crippen LogP contribution is -2.33. The van der Waals surface area contributed by atoms with Gasteiger partial charge >= 0.3 is 0 Å². The molecule has 0 aliphatic carbocycles. The number of anilines is 1. The summed E-state index contributed by atoms with van der Waals surface area (Å²) in [5.74, 6) is -0.109. The molecular weight excluding hydrogens is 221 g/mol. The van der Waals surface area contributed by atoms with Crippen molar-refractivity contribution in [3.05, 3.63) is 30.1 Å². The highest BCUT2D eigenvalue weighted by atomic mass is 19.1. The van der Waals surface area contributed by atoms with E-state index in [0.29, 0.717) is 18.7 Å². The number of rotatable bonds is 5. The van der Waals surface area contributed by atoms with Crippen molar-refractivity contribution < 1.29 is 9.60 Å². The molecule has 0 radical (unpaired) electrons. The topological polar surface area (TPSA) is 70.6 Å². The number of nitrogens with one attached hydrogen (secondary N) is 1. The molecule has 94 valence electrons. The van der Waals surface area contributed by atoms with E-state index < -0.39 is 5.41 Å². The molecule has 4 nitrogen and oxygen atoms in total. The molecule has 4 N–H and O–H groups in total. The van der Waals surface area contributed by atoms with Gasteiger partial charge in [0.1, 0.15) is 11.7 Å². The largest absolute Gasteiger partial charge is 0.409 e. The Morgan fingerprint density at radius 1 is 1.47 bits per heavy atom. The van der Waals surface area contributed by atoms with E-state index in [4.69, 9.17) is 10.9 Å². The molecule has 0 amide bonds. The number of nitrogens with zero attached hydrogens (tertiary/aromatic N) is 1. The molecular formula is C12H18FN3O. The van der Waals surface area contributed by atoms with Gasteiger partial charge in [-0.1, -0.05) is 31.1 Å². The molecule has 0 unspecified atom stereocenters. The van der Waals surface area contributed by atoms with Crippen LogP contribution in [-0.4, -0.2) is 17.6 Å². The number of para-hydroxylation sites is 1. The van der Waals surface area contributed by atoms with Gasteiger partial charge < -0.3 is 16.3 Å². The Morgan fingerprint density at radius 3 is 2.71 bits per heavy atom. The fourth-order valence-corrected chi connectivity index (χ4v) is 1.38. The minimum absolute atomic E-state index is 0.174. The normalized spacial score (nSPS) is 12.5. The fourth-order valence-electron chi connectivity index (χ4n) is 1.38. The highest BCUT2D eigenvalue weighted by Gasteiger charge is 2.22. The van der Waals surface area contributed by atoms with Crippen molar-refractivity contribution >= 4 is 11.5 Å². The zero-order chi connectivity index (χ0) is 12.9. The summed E-state index contributed by atoms with van der Waals surface area (Å²) in [7, 11) is 0. The predicted octanol–water partition coefficient (Wildman–Crippen LogP) is 2.40. The lowest BCUT2D eigenvalue weighted by molar-refractivity contribution is 0.306. The molecule has 0 spiro atoms. The second kappa shape index (κ2) is 5.52. The summed E-state index contributed by atoms with van der Waals surface area (Å²) in [5.41, 5.74) is 5.60. The van der Waals surface area contributed by atoms with E-state index in [9.17, 15) is 4.39 Å². The Morgan fingerprint density at radius 2 is 2.12 bits per heavy atom. The van der Waals surface area contributed by atoms with Gasteiger partial charge in [-0.15, -0.1) is 0 Å². The number of nitrogens with two attached hydrogens (primary N) is 1. The monoisotopic (exact) mass is 239 g/mol. The van der Waals surface area contributed by atoms with Crippen LogP contribution in [0.15, 0.2) is 29.4 Å². The Balaban J connectivity index is 2.51. The van der Waals surface area contributed by atoms with E-state index in [1.807, 2.05) is 13.8 Å². The molecule has 0 aliphatic rings. The summed E-state index contributed by atoms with van der Waals surface area (Å²) in [4.78, 5) is 0. The first-order chi connectivity index (χ1) is 7.97. The van der Waals surface area contributed by atoms with Gasteiger partial charge in [-0.2, -0.15) is 0 Å². The Hall–Kier alpha value is -1.78. The molecule has 0 aliphatic heterocycles. The SMILES string of the molecule is CC(C)(CCNc1ccccc1F)C(N)=NO. The number of halogens is 1. The molecule has 1 aromatic carbocycles. The van der Waals surface area contributed by atoms with Gasteiger partial charge in [-0.3, -0.25) is 0 Å². The average Bonchev–Trinajstić information content (AvgIpc) is 2.30. The molecule has 5 heteroatoms. The third-order valence-electron chi connectivity index (χ3n) is 2.74. The maximum absolute atomic E-state index is 13.3. The second-order valence-corrected chi connectivity index (χ2v) is 4.53. The second-order valence-electron chi connectivity index (χ2n) is 4.53. The van der Waals surface area contributed by atoms with E-state index in [1.165, 1.54) is 6.07 Å². The molecule has 1 rings (SSSR count). The van der Waals surface area contributed by atoms with E-state index in [-0.39, 0.29) is 11.7 Å². The molecule has 0 aromatic heterocycles. The molecule has 0 bridgehead atoms. The van der Waals surface area contributed by atoms with E-state index in [1.54, 1.807) is 18.2 Å². The third kappa shape index (κ3) is 3.62. The van der Waals surface area contributed by atoms with Crippen molar-refractivity contribution in [3.63, 3.8) is 0 Å². The lowest BCUT2D eigenvalue weighted by atomic mass is 9.88. The number of hydrogen-bond acceptors (Lipinski definition) is 3. The maximum Gasteiger partial charge on any atom is 0.146 e. The van der Waals surface area contributed by atoms with Crippen LogP contribution in [0.25, 0.3) is 0 Å². The number of hydrogen-bond donors (Lipinski definition) is 3. The van der Waals surface area contributed by atoms with E-state index >= 15 is 0 Å².